The molecule has 0 radical (unpaired) electrons. The van der Waals surface area contributed by atoms with Crippen LogP contribution in [0.3, 0.4) is 0 Å². The topological polar surface area (TPSA) is 79.4 Å². The number of nitrogens with zero attached hydrogens (tertiary/aromatic N) is 2. The summed E-state index contributed by atoms with van der Waals surface area (Å²) in [6, 6.07) is 8.24. The van der Waals surface area contributed by atoms with Crippen LogP contribution in [0.15, 0.2) is 45.9 Å². The zero-order chi connectivity index (χ0) is 19.6. The number of pyridine rings is 1. The fraction of sp³-hybridized carbons (Fsp3) is 0.333. The number of aromatic nitrogens is 1. The Balaban J connectivity index is 1.63. The molecule has 0 unspecified atom stereocenters. The van der Waals surface area contributed by atoms with Gasteiger partial charge < -0.3 is 5.32 Å². The van der Waals surface area contributed by atoms with Crippen LogP contribution in [-0.4, -0.2) is 36.7 Å². The Morgan fingerprint density at radius 3 is 2.56 bits per heavy atom. The normalized spacial score (nSPS) is 16.3. The number of carbonyl (C=O) groups is 1. The third kappa shape index (κ3) is 4.68. The van der Waals surface area contributed by atoms with E-state index >= 15 is 0 Å². The molecule has 0 atom stereocenters. The van der Waals surface area contributed by atoms with E-state index in [4.69, 9.17) is 11.6 Å². The van der Waals surface area contributed by atoms with Crippen molar-refractivity contribution in [3.63, 3.8) is 0 Å². The van der Waals surface area contributed by atoms with Crippen LogP contribution < -0.4 is 5.32 Å². The van der Waals surface area contributed by atoms with E-state index < -0.39 is 10.0 Å². The summed E-state index contributed by atoms with van der Waals surface area (Å²) in [5.74, 6) is 0.0938. The monoisotopic (exact) mass is 471 g/mol. The lowest BCUT2D eigenvalue weighted by atomic mass is 9.97. The fourth-order valence-corrected chi connectivity index (χ4v) is 4.90. The lowest BCUT2D eigenvalue weighted by molar-refractivity contribution is -0.120. The minimum atomic E-state index is -3.61. The molecule has 0 aliphatic carbocycles. The Kier molecular flexibility index (Phi) is 6.20. The molecule has 9 heteroatoms. The van der Waals surface area contributed by atoms with E-state index in [0.717, 1.165) is 10.0 Å². The SMILES string of the molecule is Cc1ccc(S(=O)(=O)N2CCC(C(=O)Nc3ccc(Br)cn3)CC2)cc1Cl. The summed E-state index contributed by atoms with van der Waals surface area (Å²) >= 11 is 9.36. The van der Waals surface area contributed by atoms with Gasteiger partial charge in [-0.3, -0.25) is 4.79 Å². The first-order valence-corrected chi connectivity index (χ1v) is 11.1. The second kappa shape index (κ2) is 8.26. The summed E-state index contributed by atoms with van der Waals surface area (Å²) in [7, 11) is -3.61. The maximum absolute atomic E-state index is 12.8. The summed E-state index contributed by atoms with van der Waals surface area (Å²) in [5, 5.41) is 3.20. The lowest BCUT2D eigenvalue weighted by Gasteiger charge is -2.30. The molecular formula is C18H19BrClN3O3S. The molecule has 1 aliphatic heterocycles. The first kappa shape index (κ1) is 20.3. The number of benzene rings is 1. The molecule has 144 valence electrons. The number of amides is 1. The van der Waals surface area contributed by atoms with E-state index in [1.54, 1.807) is 30.5 Å². The summed E-state index contributed by atoms with van der Waals surface area (Å²) in [5.41, 5.74) is 0.826. The Morgan fingerprint density at radius 2 is 1.96 bits per heavy atom. The van der Waals surface area contributed by atoms with Crippen LogP contribution >= 0.6 is 27.5 Å². The van der Waals surface area contributed by atoms with Crippen molar-refractivity contribution < 1.29 is 13.2 Å². The van der Waals surface area contributed by atoms with E-state index in [0.29, 0.717) is 36.8 Å². The second-order valence-electron chi connectivity index (χ2n) is 6.44. The molecule has 2 heterocycles. The van der Waals surface area contributed by atoms with Crippen molar-refractivity contribution in [1.29, 1.82) is 0 Å². The van der Waals surface area contributed by atoms with Crippen molar-refractivity contribution in [1.82, 2.24) is 9.29 Å². The van der Waals surface area contributed by atoms with Crippen molar-refractivity contribution in [2.75, 3.05) is 18.4 Å². The summed E-state index contributed by atoms with van der Waals surface area (Å²) in [6.45, 7) is 2.41. The quantitative estimate of drug-likeness (QED) is 0.733. The number of hydrogen-bond acceptors (Lipinski definition) is 4. The number of aryl methyl sites for hydroxylation is 1. The highest BCUT2D eigenvalue weighted by molar-refractivity contribution is 9.10. The van der Waals surface area contributed by atoms with Crippen molar-refractivity contribution in [3.8, 4) is 0 Å². The molecule has 1 aromatic heterocycles. The van der Waals surface area contributed by atoms with E-state index in [2.05, 4.69) is 26.2 Å². The van der Waals surface area contributed by atoms with Crippen molar-refractivity contribution >= 4 is 49.3 Å². The maximum atomic E-state index is 12.8. The summed E-state index contributed by atoms with van der Waals surface area (Å²) in [4.78, 5) is 16.7. The Morgan fingerprint density at radius 1 is 1.26 bits per heavy atom. The van der Waals surface area contributed by atoms with Crippen LogP contribution in [0.25, 0.3) is 0 Å². The lowest BCUT2D eigenvalue weighted by Crippen LogP contribution is -2.41. The van der Waals surface area contributed by atoms with Gasteiger partial charge in [-0.1, -0.05) is 17.7 Å². The number of piperidine rings is 1. The molecule has 0 spiro atoms. The average molecular weight is 473 g/mol. The number of rotatable bonds is 4. The van der Waals surface area contributed by atoms with Gasteiger partial charge in [0.1, 0.15) is 5.82 Å². The molecule has 1 saturated heterocycles. The third-order valence-corrected chi connectivity index (χ3v) is 7.36. The molecule has 0 bridgehead atoms. The highest BCUT2D eigenvalue weighted by Crippen LogP contribution is 2.27. The Bertz CT molecular complexity index is 943. The van der Waals surface area contributed by atoms with Gasteiger partial charge in [0.15, 0.2) is 0 Å². The van der Waals surface area contributed by atoms with Crippen molar-refractivity contribution in [2.24, 2.45) is 5.92 Å². The molecule has 0 saturated carbocycles. The van der Waals surface area contributed by atoms with Gasteiger partial charge >= 0.3 is 0 Å². The van der Waals surface area contributed by atoms with Crippen LogP contribution in [0.2, 0.25) is 5.02 Å². The van der Waals surface area contributed by atoms with E-state index in [-0.39, 0.29) is 16.7 Å². The molecule has 1 N–H and O–H groups in total. The van der Waals surface area contributed by atoms with Gasteiger partial charge in [-0.2, -0.15) is 4.31 Å². The van der Waals surface area contributed by atoms with Gasteiger partial charge in [0, 0.05) is 34.7 Å². The second-order valence-corrected chi connectivity index (χ2v) is 9.70. The zero-order valence-electron chi connectivity index (χ0n) is 14.7. The first-order chi connectivity index (χ1) is 12.8. The van der Waals surface area contributed by atoms with Crippen LogP contribution in [0, 0.1) is 12.8 Å². The van der Waals surface area contributed by atoms with Crippen LogP contribution in [0.1, 0.15) is 18.4 Å². The highest BCUT2D eigenvalue weighted by atomic mass is 79.9. The molecule has 3 rings (SSSR count). The molecule has 1 fully saturated rings. The van der Waals surface area contributed by atoms with E-state index in [1.807, 2.05) is 6.92 Å². The van der Waals surface area contributed by atoms with Gasteiger partial charge in [-0.25, -0.2) is 13.4 Å². The number of nitrogens with one attached hydrogen (secondary N) is 1. The maximum Gasteiger partial charge on any atom is 0.243 e. The predicted molar refractivity (Wildman–Crippen MR) is 108 cm³/mol. The van der Waals surface area contributed by atoms with E-state index in [9.17, 15) is 13.2 Å². The predicted octanol–water partition coefficient (Wildman–Crippen LogP) is 3.85. The molecule has 1 amide bonds. The number of sulfonamides is 1. The molecule has 2 aromatic rings. The molecule has 1 aliphatic rings. The molecule has 6 nitrogen and oxygen atoms in total. The highest BCUT2D eigenvalue weighted by Gasteiger charge is 2.32. The van der Waals surface area contributed by atoms with Gasteiger partial charge in [-0.15, -0.1) is 0 Å². The standard InChI is InChI=1S/C18H19BrClN3O3S/c1-12-2-4-15(10-16(12)20)27(25,26)23-8-6-13(7-9-23)18(24)22-17-5-3-14(19)11-21-17/h2-5,10-11,13H,6-9H2,1H3,(H,21,22,24). The molecule has 27 heavy (non-hydrogen) atoms. The van der Waals surface area contributed by atoms with Gasteiger partial charge in [0.2, 0.25) is 15.9 Å². The smallest absolute Gasteiger partial charge is 0.243 e. The summed E-state index contributed by atoms with van der Waals surface area (Å²) < 4.78 is 27.8. The fourth-order valence-electron chi connectivity index (χ4n) is 2.92. The Hall–Kier alpha value is -1.48. The minimum absolute atomic E-state index is 0.139. The molecular weight excluding hydrogens is 454 g/mol. The average Bonchev–Trinajstić information content (AvgIpc) is 2.66. The molecule has 1 aromatic carbocycles. The number of carbonyl (C=O) groups excluding carboxylic acids is 1. The third-order valence-electron chi connectivity index (χ3n) is 4.58. The minimum Gasteiger partial charge on any atom is -0.310 e. The van der Waals surface area contributed by atoms with Crippen molar-refractivity contribution in [3.05, 3.63) is 51.6 Å². The van der Waals surface area contributed by atoms with Gasteiger partial charge in [0.25, 0.3) is 0 Å². The number of hydrogen-bond donors (Lipinski definition) is 1. The number of halogens is 2. The Labute approximate surface area is 172 Å². The summed E-state index contributed by atoms with van der Waals surface area (Å²) in [6.07, 6.45) is 2.53. The van der Waals surface area contributed by atoms with Gasteiger partial charge in [0.05, 0.1) is 4.90 Å². The van der Waals surface area contributed by atoms with Gasteiger partial charge in [-0.05, 0) is 65.5 Å². The first-order valence-electron chi connectivity index (χ1n) is 8.46. The van der Waals surface area contributed by atoms with Crippen LogP contribution in [0.4, 0.5) is 5.82 Å². The van der Waals surface area contributed by atoms with Crippen LogP contribution in [-0.2, 0) is 14.8 Å². The zero-order valence-corrected chi connectivity index (χ0v) is 17.8. The van der Waals surface area contributed by atoms with Crippen molar-refractivity contribution in [2.45, 2.75) is 24.7 Å². The largest absolute Gasteiger partial charge is 0.310 e. The number of anilines is 1. The van der Waals surface area contributed by atoms with Crippen LogP contribution in [0.5, 0.6) is 0 Å². The van der Waals surface area contributed by atoms with E-state index in [1.165, 1.54) is 10.4 Å².